The number of halogens is 1. The van der Waals surface area contributed by atoms with E-state index < -0.39 is 0 Å². The number of hydrogen-bond acceptors (Lipinski definition) is 4. The summed E-state index contributed by atoms with van der Waals surface area (Å²) in [5, 5.41) is 16.2. The van der Waals surface area contributed by atoms with Gasteiger partial charge in [-0.25, -0.2) is 9.07 Å². The molecule has 0 aliphatic rings. The summed E-state index contributed by atoms with van der Waals surface area (Å²) >= 11 is 0. The van der Waals surface area contributed by atoms with Gasteiger partial charge in [-0.05, 0) is 37.3 Å². The third kappa shape index (κ3) is 3.02. The molecule has 0 unspecified atom stereocenters. The number of rotatable bonds is 4. The van der Waals surface area contributed by atoms with Gasteiger partial charge in [0.25, 0.3) is 5.91 Å². The second kappa shape index (κ2) is 6.59. The number of hydrogen-bond donors (Lipinski definition) is 2. The number of pyridine rings is 1. The highest BCUT2D eigenvalue weighted by atomic mass is 19.1. The summed E-state index contributed by atoms with van der Waals surface area (Å²) in [5.74, 6) is -0.696. The molecule has 3 aromatic rings. The predicted octanol–water partition coefficient (Wildman–Crippen LogP) is 2.46. The first-order valence-electron chi connectivity index (χ1n) is 7.26. The standard InChI is InChI=1S/C17H15FN4O2/c1-11-15(8-20-22(11)14-4-2-13(18)3-5-14)17(24)21-16-9-19-7-6-12(16)10-23/h2-9,23H,10H2,1H3,(H,21,24). The van der Waals surface area contributed by atoms with Crippen molar-refractivity contribution in [2.24, 2.45) is 0 Å². The number of carbonyl (C=O) groups is 1. The average Bonchev–Trinajstić information content (AvgIpc) is 2.98. The van der Waals surface area contributed by atoms with Crippen LogP contribution in [-0.2, 0) is 6.61 Å². The third-order valence-corrected chi connectivity index (χ3v) is 3.66. The SMILES string of the molecule is Cc1c(C(=O)Nc2cnccc2CO)cnn1-c1ccc(F)cc1. The Bertz CT molecular complexity index is 875. The van der Waals surface area contributed by atoms with Gasteiger partial charge in [-0.15, -0.1) is 0 Å². The minimum absolute atomic E-state index is 0.202. The summed E-state index contributed by atoms with van der Waals surface area (Å²) in [4.78, 5) is 16.4. The first kappa shape index (κ1) is 15.8. The zero-order chi connectivity index (χ0) is 17.1. The van der Waals surface area contributed by atoms with Crippen LogP contribution in [0.2, 0.25) is 0 Å². The monoisotopic (exact) mass is 326 g/mol. The van der Waals surface area contributed by atoms with E-state index in [1.54, 1.807) is 36.0 Å². The average molecular weight is 326 g/mol. The van der Waals surface area contributed by atoms with Crippen molar-refractivity contribution in [3.8, 4) is 5.69 Å². The van der Waals surface area contributed by atoms with Gasteiger partial charge in [0.2, 0.25) is 0 Å². The molecule has 7 heteroatoms. The molecule has 0 spiro atoms. The third-order valence-electron chi connectivity index (χ3n) is 3.66. The molecule has 24 heavy (non-hydrogen) atoms. The molecule has 0 atom stereocenters. The van der Waals surface area contributed by atoms with Gasteiger partial charge in [-0.3, -0.25) is 9.78 Å². The molecule has 0 aliphatic carbocycles. The van der Waals surface area contributed by atoms with E-state index >= 15 is 0 Å². The molecule has 122 valence electrons. The van der Waals surface area contributed by atoms with E-state index in [1.165, 1.54) is 24.5 Å². The lowest BCUT2D eigenvalue weighted by molar-refractivity contribution is 0.102. The highest BCUT2D eigenvalue weighted by molar-refractivity contribution is 6.05. The summed E-state index contributed by atoms with van der Waals surface area (Å²) in [6.45, 7) is 1.55. The Hall–Kier alpha value is -3.06. The first-order valence-corrected chi connectivity index (χ1v) is 7.26. The number of aliphatic hydroxyl groups excluding tert-OH is 1. The predicted molar refractivity (Wildman–Crippen MR) is 86.4 cm³/mol. The van der Waals surface area contributed by atoms with Crippen LogP contribution in [0.1, 0.15) is 21.6 Å². The van der Waals surface area contributed by atoms with E-state index in [0.717, 1.165) is 0 Å². The van der Waals surface area contributed by atoms with Gasteiger partial charge in [0.1, 0.15) is 5.82 Å². The maximum absolute atomic E-state index is 13.0. The van der Waals surface area contributed by atoms with Crippen LogP contribution in [0.15, 0.2) is 48.9 Å². The van der Waals surface area contributed by atoms with Crippen LogP contribution in [0.4, 0.5) is 10.1 Å². The first-order chi connectivity index (χ1) is 11.6. The van der Waals surface area contributed by atoms with Gasteiger partial charge >= 0.3 is 0 Å². The zero-order valence-corrected chi connectivity index (χ0v) is 12.9. The van der Waals surface area contributed by atoms with Crippen molar-refractivity contribution in [1.29, 1.82) is 0 Å². The van der Waals surface area contributed by atoms with Crippen LogP contribution < -0.4 is 5.32 Å². The van der Waals surface area contributed by atoms with Gasteiger partial charge in [0.05, 0.1) is 41.6 Å². The Labute approximate surface area is 137 Å². The normalized spacial score (nSPS) is 10.6. The lowest BCUT2D eigenvalue weighted by atomic mass is 10.2. The van der Waals surface area contributed by atoms with Crippen molar-refractivity contribution in [3.05, 3.63) is 71.6 Å². The molecular weight excluding hydrogens is 311 g/mol. The molecule has 1 amide bonds. The quantitative estimate of drug-likeness (QED) is 0.772. The van der Waals surface area contributed by atoms with Crippen LogP contribution in [-0.4, -0.2) is 25.8 Å². The molecule has 0 aliphatic heterocycles. The molecule has 3 rings (SSSR count). The van der Waals surface area contributed by atoms with Crippen LogP contribution in [0.25, 0.3) is 5.69 Å². The number of nitrogens with zero attached hydrogens (tertiary/aromatic N) is 3. The number of aliphatic hydroxyl groups is 1. The van der Waals surface area contributed by atoms with Crippen LogP contribution in [0, 0.1) is 12.7 Å². The number of aromatic nitrogens is 3. The second-order valence-electron chi connectivity index (χ2n) is 5.18. The van der Waals surface area contributed by atoms with Crippen LogP contribution in [0.3, 0.4) is 0 Å². The highest BCUT2D eigenvalue weighted by Crippen LogP contribution is 2.18. The van der Waals surface area contributed by atoms with Crippen molar-refractivity contribution < 1.29 is 14.3 Å². The van der Waals surface area contributed by atoms with Crippen LogP contribution >= 0.6 is 0 Å². The summed E-state index contributed by atoms with van der Waals surface area (Å²) in [7, 11) is 0. The molecular formula is C17H15FN4O2. The molecule has 1 aromatic carbocycles. The maximum atomic E-state index is 13.0. The number of benzene rings is 1. The number of carbonyl (C=O) groups excluding carboxylic acids is 1. The lowest BCUT2D eigenvalue weighted by Gasteiger charge is -2.09. The van der Waals surface area contributed by atoms with Crippen LogP contribution in [0.5, 0.6) is 0 Å². The van der Waals surface area contributed by atoms with Crippen molar-refractivity contribution in [2.45, 2.75) is 13.5 Å². The minimum Gasteiger partial charge on any atom is -0.392 e. The number of anilines is 1. The van der Waals surface area contributed by atoms with Crippen molar-refractivity contribution in [2.75, 3.05) is 5.32 Å². The molecule has 2 aromatic heterocycles. The molecule has 2 N–H and O–H groups in total. The summed E-state index contributed by atoms with van der Waals surface area (Å²) in [5.41, 5.74) is 2.67. The number of nitrogens with one attached hydrogen (secondary N) is 1. The molecule has 2 heterocycles. The Morgan fingerprint density at radius 1 is 1.25 bits per heavy atom. The van der Waals surface area contributed by atoms with Gasteiger partial charge in [0.15, 0.2) is 0 Å². The van der Waals surface area contributed by atoms with E-state index in [4.69, 9.17) is 0 Å². The minimum atomic E-state index is -0.358. The van der Waals surface area contributed by atoms with Crippen molar-refractivity contribution in [3.63, 3.8) is 0 Å². The highest BCUT2D eigenvalue weighted by Gasteiger charge is 2.16. The van der Waals surface area contributed by atoms with Gasteiger partial charge in [0, 0.05) is 11.8 Å². The van der Waals surface area contributed by atoms with E-state index in [-0.39, 0.29) is 18.3 Å². The van der Waals surface area contributed by atoms with E-state index in [1.807, 2.05) is 0 Å². The van der Waals surface area contributed by atoms with E-state index in [2.05, 4.69) is 15.4 Å². The molecule has 0 saturated heterocycles. The summed E-state index contributed by atoms with van der Waals surface area (Å²) < 4.78 is 14.6. The fourth-order valence-corrected chi connectivity index (χ4v) is 2.34. The zero-order valence-electron chi connectivity index (χ0n) is 12.9. The summed E-state index contributed by atoms with van der Waals surface area (Å²) in [6.07, 6.45) is 4.46. The molecule has 6 nitrogen and oxygen atoms in total. The fourth-order valence-electron chi connectivity index (χ4n) is 2.34. The molecule has 0 saturated carbocycles. The van der Waals surface area contributed by atoms with Crippen molar-refractivity contribution >= 4 is 11.6 Å². The largest absolute Gasteiger partial charge is 0.392 e. The van der Waals surface area contributed by atoms with Crippen molar-refractivity contribution in [1.82, 2.24) is 14.8 Å². The summed E-state index contributed by atoms with van der Waals surface area (Å²) in [6, 6.07) is 7.47. The topological polar surface area (TPSA) is 80.0 Å². The second-order valence-corrected chi connectivity index (χ2v) is 5.18. The van der Waals surface area contributed by atoms with Gasteiger partial charge < -0.3 is 10.4 Å². The fraction of sp³-hybridized carbons (Fsp3) is 0.118. The number of amides is 1. The molecule has 0 bridgehead atoms. The Balaban J connectivity index is 1.87. The Morgan fingerprint density at radius 3 is 2.71 bits per heavy atom. The Morgan fingerprint density at radius 2 is 2.00 bits per heavy atom. The lowest BCUT2D eigenvalue weighted by Crippen LogP contribution is -2.14. The van der Waals surface area contributed by atoms with Gasteiger partial charge in [-0.1, -0.05) is 0 Å². The smallest absolute Gasteiger partial charge is 0.259 e. The molecule has 0 radical (unpaired) electrons. The van der Waals surface area contributed by atoms with E-state index in [9.17, 15) is 14.3 Å². The molecule has 0 fully saturated rings. The Kier molecular flexibility index (Phi) is 4.35. The maximum Gasteiger partial charge on any atom is 0.259 e. The van der Waals surface area contributed by atoms with E-state index in [0.29, 0.717) is 28.2 Å². The van der Waals surface area contributed by atoms with Gasteiger partial charge in [-0.2, -0.15) is 5.10 Å².